The van der Waals surface area contributed by atoms with Crippen molar-refractivity contribution < 1.29 is 23.8 Å². The van der Waals surface area contributed by atoms with E-state index in [4.69, 9.17) is 14.2 Å². The number of aromatic nitrogens is 4. The summed E-state index contributed by atoms with van der Waals surface area (Å²) in [6, 6.07) is 5.35. The van der Waals surface area contributed by atoms with E-state index >= 15 is 0 Å². The van der Waals surface area contributed by atoms with E-state index in [1.54, 1.807) is 25.3 Å². The summed E-state index contributed by atoms with van der Waals surface area (Å²) in [4.78, 5) is 25.2. The lowest BCUT2D eigenvalue weighted by molar-refractivity contribution is -0.149. The maximum atomic E-state index is 12.1. The average Bonchev–Trinajstić information content (AvgIpc) is 3.21. The van der Waals surface area contributed by atoms with Gasteiger partial charge in [0.15, 0.2) is 24.7 Å². The third kappa shape index (κ3) is 5.46. The van der Waals surface area contributed by atoms with Crippen LogP contribution in [0, 0.1) is 5.92 Å². The summed E-state index contributed by atoms with van der Waals surface area (Å²) in [7, 11) is 3.08. The van der Waals surface area contributed by atoms with Crippen LogP contribution >= 0.6 is 0 Å². The van der Waals surface area contributed by atoms with Crippen LogP contribution < -0.4 is 14.8 Å². The van der Waals surface area contributed by atoms with Gasteiger partial charge in [0, 0.05) is 11.6 Å². The Labute approximate surface area is 174 Å². The molecule has 2 aromatic rings. The highest BCUT2D eigenvalue weighted by Crippen LogP contribution is 2.30. The maximum absolute atomic E-state index is 12.1. The highest BCUT2D eigenvalue weighted by molar-refractivity contribution is 5.80. The predicted octanol–water partition coefficient (Wildman–Crippen LogP) is 1.60. The minimum atomic E-state index is -0.613. The Morgan fingerprint density at radius 2 is 1.93 bits per heavy atom. The first-order valence-corrected chi connectivity index (χ1v) is 9.95. The molecule has 3 rings (SSSR count). The molecule has 0 aliphatic heterocycles. The number of rotatable bonds is 8. The fourth-order valence-corrected chi connectivity index (χ4v) is 3.49. The molecule has 0 unspecified atom stereocenters. The number of carbonyl (C=O) groups is 2. The van der Waals surface area contributed by atoms with Gasteiger partial charge in [0.1, 0.15) is 0 Å². The van der Waals surface area contributed by atoms with Crippen molar-refractivity contribution >= 4 is 11.9 Å². The van der Waals surface area contributed by atoms with E-state index in [0.717, 1.165) is 24.1 Å². The van der Waals surface area contributed by atoms with Gasteiger partial charge in [-0.3, -0.25) is 4.79 Å². The van der Waals surface area contributed by atoms with Crippen LogP contribution in [0.15, 0.2) is 18.2 Å². The first-order valence-electron chi connectivity index (χ1n) is 9.95. The first kappa shape index (κ1) is 21.5. The van der Waals surface area contributed by atoms with E-state index in [1.165, 1.54) is 13.5 Å². The van der Waals surface area contributed by atoms with Crippen molar-refractivity contribution in [2.24, 2.45) is 5.92 Å². The Balaban J connectivity index is 1.50. The van der Waals surface area contributed by atoms with Crippen LogP contribution in [-0.2, 0) is 20.9 Å². The average molecular weight is 417 g/mol. The Morgan fingerprint density at radius 1 is 1.17 bits per heavy atom. The molecule has 0 spiro atoms. The van der Waals surface area contributed by atoms with Gasteiger partial charge in [-0.1, -0.05) is 19.8 Å². The summed E-state index contributed by atoms with van der Waals surface area (Å²) >= 11 is 0. The number of esters is 1. The summed E-state index contributed by atoms with van der Waals surface area (Å²) in [6.07, 6.45) is 4.36. The Bertz CT molecular complexity index is 884. The van der Waals surface area contributed by atoms with Crippen LogP contribution in [0.25, 0.3) is 11.4 Å². The molecule has 1 N–H and O–H groups in total. The SMILES string of the molecule is COc1ccc(-c2nnn(CC(=O)OCC(=O)N[C@H]3CCCC[C@H]3C)n2)cc1OC. The zero-order valence-electron chi connectivity index (χ0n) is 17.5. The quantitative estimate of drug-likeness (QED) is 0.644. The topological polar surface area (TPSA) is 117 Å². The summed E-state index contributed by atoms with van der Waals surface area (Å²) in [5.41, 5.74) is 0.660. The zero-order valence-corrected chi connectivity index (χ0v) is 17.5. The lowest BCUT2D eigenvalue weighted by Gasteiger charge is -2.29. The van der Waals surface area contributed by atoms with Gasteiger partial charge in [-0.25, -0.2) is 4.79 Å². The van der Waals surface area contributed by atoms with Crippen LogP contribution in [0.4, 0.5) is 0 Å². The van der Waals surface area contributed by atoms with Crippen molar-refractivity contribution in [1.82, 2.24) is 25.5 Å². The van der Waals surface area contributed by atoms with E-state index in [1.807, 2.05) is 0 Å². The van der Waals surface area contributed by atoms with E-state index in [2.05, 4.69) is 27.7 Å². The summed E-state index contributed by atoms with van der Waals surface area (Å²) in [6.45, 7) is 1.56. The fraction of sp³-hybridized carbons (Fsp3) is 0.550. The van der Waals surface area contributed by atoms with Crippen molar-refractivity contribution in [2.75, 3.05) is 20.8 Å². The number of benzene rings is 1. The number of nitrogens with zero attached hydrogens (tertiary/aromatic N) is 4. The molecule has 10 nitrogen and oxygen atoms in total. The Hall–Kier alpha value is -3.17. The molecular formula is C20H27N5O5. The molecule has 10 heteroatoms. The van der Waals surface area contributed by atoms with Crippen LogP contribution in [0.3, 0.4) is 0 Å². The van der Waals surface area contributed by atoms with E-state index in [-0.39, 0.29) is 25.1 Å². The van der Waals surface area contributed by atoms with Crippen LogP contribution in [-0.4, -0.2) is 59.0 Å². The molecule has 1 amide bonds. The molecule has 2 atom stereocenters. The van der Waals surface area contributed by atoms with Crippen molar-refractivity contribution in [3.05, 3.63) is 18.2 Å². The van der Waals surface area contributed by atoms with Crippen LogP contribution in [0.5, 0.6) is 11.5 Å². The zero-order chi connectivity index (χ0) is 21.5. The van der Waals surface area contributed by atoms with Gasteiger partial charge in [0.05, 0.1) is 14.2 Å². The number of methoxy groups -OCH3 is 2. The lowest BCUT2D eigenvalue weighted by Crippen LogP contribution is -2.43. The standard InChI is InChI=1S/C20H27N5O5/c1-13-6-4-5-7-15(13)21-18(26)12-30-19(27)11-25-23-20(22-24-25)14-8-9-16(28-2)17(10-14)29-3/h8-10,13,15H,4-7,11-12H2,1-3H3,(H,21,26)/t13-,15+/m1/s1. The second kappa shape index (κ2) is 10.0. The molecule has 1 aromatic carbocycles. The number of nitrogens with one attached hydrogen (secondary N) is 1. The van der Waals surface area contributed by atoms with Gasteiger partial charge in [0.2, 0.25) is 5.82 Å². The van der Waals surface area contributed by atoms with Gasteiger partial charge in [-0.2, -0.15) is 4.80 Å². The molecule has 0 saturated heterocycles. The molecule has 0 radical (unpaired) electrons. The minimum Gasteiger partial charge on any atom is -0.493 e. The monoisotopic (exact) mass is 417 g/mol. The van der Waals surface area contributed by atoms with Crippen molar-refractivity contribution in [2.45, 2.75) is 45.2 Å². The smallest absolute Gasteiger partial charge is 0.330 e. The summed E-state index contributed by atoms with van der Waals surface area (Å²) in [5.74, 6) is 0.973. The molecule has 1 aliphatic rings. The van der Waals surface area contributed by atoms with Gasteiger partial charge >= 0.3 is 5.97 Å². The molecule has 1 heterocycles. The number of tetrazole rings is 1. The number of ether oxygens (including phenoxy) is 3. The summed E-state index contributed by atoms with van der Waals surface area (Å²) < 4.78 is 15.5. The third-order valence-corrected chi connectivity index (χ3v) is 5.19. The molecule has 1 fully saturated rings. The lowest BCUT2D eigenvalue weighted by atomic mass is 9.86. The van der Waals surface area contributed by atoms with E-state index < -0.39 is 5.97 Å². The molecule has 1 saturated carbocycles. The van der Waals surface area contributed by atoms with Crippen LogP contribution in [0.1, 0.15) is 32.6 Å². The largest absolute Gasteiger partial charge is 0.493 e. The molecule has 1 aliphatic carbocycles. The highest BCUT2D eigenvalue weighted by atomic mass is 16.5. The van der Waals surface area contributed by atoms with Crippen molar-refractivity contribution in [3.8, 4) is 22.9 Å². The fourth-order valence-electron chi connectivity index (χ4n) is 3.49. The Morgan fingerprint density at radius 3 is 2.67 bits per heavy atom. The third-order valence-electron chi connectivity index (χ3n) is 5.19. The molecule has 30 heavy (non-hydrogen) atoms. The molecular weight excluding hydrogens is 390 g/mol. The number of hydrogen-bond donors (Lipinski definition) is 1. The molecule has 0 bridgehead atoms. The minimum absolute atomic E-state index is 0.144. The van der Waals surface area contributed by atoms with E-state index in [9.17, 15) is 9.59 Å². The summed E-state index contributed by atoms with van der Waals surface area (Å²) in [5, 5.41) is 14.9. The normalized spacial score (nSPS) is 18.5. The highest BCUT2D eigenvalue weighted by Gasteiger charge is 2.23. The van der Waals surface area contributed by atoms with Gasteiger partial charge in [-0.15, -0.1) is 10.2 Å². The first-order chi connectivity index (χ1) is 14.5. The van der Waals surface area contributed by atoms with Gasteiger partial charge in [-0.05, 0) is 42.2 Å². The Kier molecular flexibility index (Phi) is 7.21. The van der Waals surface area contributed by atoms with E-state index in [0.29, 0.717) is 28.8 Å². The van der Waals surface area contributed by atoms with Crippen LogP contribution in [0.2, 0.25) is 0 Å². The molecule has 162 valence electrons. The maximum Gasteiger partial charge on any atom is 0.330 e. The van der Waals surface area contributed by atoms with Crippen molar-refractivity contribution in [1.29, 1.82) is 0 Å². The van der Waals surface area contributed by atoms with Gasteiger partial charge in [0.25, 0.3) is 5.91 Å². The van der Waals surface area contributed by atoms with Crippen molar-refractivity contribution in [3.63, 3.8) is 0 Å². The molecule has 1 aromatic heterocycles. The number of hydrogen-bond acceptors (Lipinski definition) is 8. The predicted molar refractivity (Wildman–Crippen MR) is 107 cm³/mol. The number of carbonyl (C=O) groups excluding carboxylic acids is 2. The number of amides is 1. The second-order valence-electron chi connectivity index (χ2n) is 7.31. The van der Waals surface area contributed by atoms with Gasteiger partial charge < -0.3 is 19.5 Å². The second-order valence-corrected chi connectivity index (χ2v) is 7.31.